The zero-order valence-corrected chi connectivity index (χ0v) is 19.5. The molecule has 0 bridgehead atoms. The van der Waals surface area contributed by atoms with Gasteiger partial charge in [-0.05, 0) is 40.5 Å². The Hall–Kier alpha value is -2.85. The molecule has 0 aliphatic carbocycles. The van der Waals surface area contributed by atoms with Gasteiger partial charge in [-0.3, -0.25) is 14.5 Å². The van der Waals surface area contributed by atoms with Crippen LogP contribution >= 0.6 is 27.5 Å². The highest BCUT2D eigenvalue weighted by molar-refractivity contribution is 9.11. The van der Waals surface area contributed by atoms with E-state index in [2.05, 4.69) is 40.4 Å². The number of alkyl halides is 3. The molecule has 0 fully saturated rings. The van der Waals surface area contributed by atoms with Crippen molar-refractivity contribution in [2.75, 3.05) is 37.1 Å². The minimum Gasteiger partial charge on any atom is -0.467 e. The molecule has 0 spiro atoms. The molecular weight excluding hydrogens is 540 g/mol. The van der Waals surface area contributed by atoms with E-state index < -0.39 is 48.4 Å². The number of likely N-dealkylation sites (N-methyl/N-ethyl adjacent to an activating group) is 1. The van der Waals surface area contributed by atoms with Crippen LogP contribution in [0.1, 0.15) is 17.3 Å². The monoisotopic (exact) mass is 556 g/mol. The first-order valence-electron chi connectivity index (χ1n) is 8.96. The molecule has 180 valence electrons. The molecule has 10 nitrogen and oxygen atoms in total. The Balaban J connectivity index is 2.47. The van der Waals surface area contributed by atoms with Gasteiger partial charge in [-0.15, -0.1) is 0 Å². The summed E-state index contributed by atoms with van der Waals surface area (Å²) in [6, 6.07) is 0.638. The molecule has 0 saturated heterocycles. The van der Waals surface area contributed by atoms with Crippen LogP contribution in [0.25, 0.3) is 0 Å². The number of amides is 2. The summed E-state index contributed by atoms with van der Waals surface area (Å²) in [5.74, 6) is -3.72. The van der Waals surface area contributed by atoms with Gasteiger partial charge in [0.25, 0.3) is 5.91 Å². The molecule has 0 radical (unpaired) electrons. The summed E-state index contributed by atoms with van der Waals surface area (Å²) in [7, 11) is 1.18. The molecule has 2 N–H and O–H groups in total. The van der Waals surface area contributed by atoms with Gasteiger partial charge in [0.15, 0.2) is 24.1 Å². The number of anilines is 2. The second-order valence-corrected chi connectivity index (χ2v) is 8.23. The second kappa shape index (κ2) is 11.3. The topological polar surface area (TPSA) is 120 Å². The van der Waals surface area contributed by atoms with Gasteiger partial charge in [-0.1, -0.05) is 0 Å². The van der Waals surface area contributed by atoms with Gasteiger partial charge in [0, 0.05) is 13.6 Å². The summed E-state index contributed by atoms with van der Waals surface area (Å²) in [6.07, 6.45) is -3.09. The fraction of sp³-hybridized carbons (Fsp3) is 0.353. The van der Waals surface area contributed by atoms with Crippen molar-refractivity contribution in [3.63, 3.8) is 0 Å². The Labute approximate surface area is 197 Å². The highest BCUT2D eigenvalue weighted by Crippen LogP contribution is 2.30. The Morgan fingerprint density at radius 1 is 1.45 bits per heavy atom. The van der Waals surface area contributed by atoms with Crippen LogP contribution in [0.4, 0.5) is 29.1 Å². The maximum absolute atomic E-state index is 14.8. The number of hydrogen-bond acceptors (Lipinski definition) is 9. The molecular formula is C17H17BrF4N6O4S. The number of rotatable bonds is 9. The minimum atomic E-state index is -4.76. The van der Waals surface area contributed by atoms with Crippen molar-refractivity contribution in [3.8, 4) is 5.88 Å². The number of aromatic nitrogens is 2. The van der Waals surface area contributed by atoms with E-state index in [-0.39, 0.29) is 18.1 Å². The average Bonchev–Trinajstić information content (AvgIpc) is 3.16. The molecule has 2 heterocycles. The standard InChI is InChI=1S/C17H17BrF4N6O4S/c1-3-28(8-30)12(6-29)26-27(2)14-10(19)4-9(16(25-14)32-7-17(20,21)22)15(31)24-11-5-23-33-13(11)18/h4-5,8,29H,3,6-7H2,1-2H3,(H,24,31)/b26-12-. The Bertz CT molecular complexity index is 1040. The quantitative estimate of drug-likeness (QED) is 0.160. The minimum absolute atomic E-state index is 0.138. The third-order valence-corrected chi connectivity index (χ3v) is 5.28. The molecule has 2 rings (SSSR count). The van der Waals surface area contributed by atoms with Crippen LogP contribution in [0, 0.1) is 5.82 Å². The number of pyridine rings is 1. The van der Waals surface area contributed by atoms with Gasteiger partial charge >= 0.3 is 6.18 Å². The zero-order valence-electron chi connectivity index (χ0n) is 17.1. The average molecular weight is 557 g/mol. The summed E-state index contributed by atoms with van der Waals surface area (Å²) in [5.41, 5.74) is -0.402. The first-order chi connectivity index (χ1) is 15.5. The van der Waals surface area contributed by atoms with Gasteiger partial charge in [0.05, 0.1) is 11.9 Å². The molecule has 2 aromatic heterocycles. The van der Waals surface area contributed by atoms with Crippen molar-refractivity contribution in [3.05, 3.63) is 27.4 Å². The third kappa shape index (κ3) is 7.06. The predicted molar refractivity (Wildman–Crippen MR) is 115 cm³/mol. The number of halogens is 5. The van der Waals surface area contributed by atoms with Gasteiger partial charge in [0.2, 0.25) is 12.3 Å². The van der Waals surface area contributed by atoms with E-state index >= 15 is 0 Å². The van der Waals surface area contributed by atoms with E-state index in [4.69, 9.17) is 0 Å². The van der Waals surface area contributed by atoms with Crippen molar-refractivity contribution in [2.24, 2.45) is 5.10 Å². The number of nitrogens with one attached hydrogen (secondary N) is 1. The molecule has 2 amide bonds. The third-order valence-electron chi connectivity index (χ3n) is 3.83. The lowest BCUT2D eigenvalue weighted by Crippen LogP contribution is -2.34. The molecule has 0 aliphatic heterocycles. The normalized spacial score (nSPS) is 11.8. The van der Waals surface area contributed by atoms with Gasteiger partial charge in [-0.25, -0.2) is 9.40 Å². The van der Waals surface area contributed by atoms with Crippen LogP contribution in [0.15, 0.2) is 21.2 Å². The van der Waals surface area contributed by atoms with Crippen LogP contribution in [0.3, 0.4) is 0 Å². The van der Waals surface area contributed by atoms with Crippen molar-refractivity contribution < 1.29 is 37.0 Å². The molecule has 0 aromatic carbocycles. The van der Waals surface area contributed by atoms with Crippen LogP contribution < -0.4 is 15.1 Å². The lowest BCUT2D eigenvalue weighted by atomic mass is 10.2. The summed E-state index contributed by atoms with van der Waals surface area (Å²) < 4.78 is 61.9. The highest BCUT2D eigenvalue weighted by Gasteiger charge is 2.31. The number of hydrazone groups is 1. The Kier molecular flexibility index (Phi) is 9.07. The molecule has 33 heavy (non-hydrogen) atoms. The van der Waals surface area contributed by atoms with Crippen LogP contribution in [0.5, 0.6) is 5.88 Å². The maximum atomic E-state index is 14.8. The zero-order chi connectivity index (χ0) is 24.8. The summed E-state index contributed by atoms with van der Waals surface area (Å²) in [6.45, 7) is -0.756. The van der Waals surface area contributed by atoms with E-state index in [1.807, 2.05) is 0 Å². The van der Waals surface area contributed by atoms with E-state index in [0.29, 0.717) is 16.3 Å². The Morgan fingerprint density at radius 3 is 2.67 bits per heavy atom. The highest BCUT2D eigenvalue weighted by atomic mass is 79.9. The van der Waals surface area contributed by atoms with Crippen molar-refractivity contribution >= 4 is 57.1 Å². The molecule has 0 saturated carbocycles. The first kappa shape index (κ1) is 26.4. The number of aliphatic hydroxyl groups is 1. The number of aliphatic hydroxyl groups excluding tert-OH is 1. The molecule has 0 unspecified atom stereocenters. The number of nitrogens with zero attached hydrogens (tertiary/aromatic N) is 5. The molecule has 0 atom stereocenters. The smallest absolute Gasteiger partial charge is 0.422 e. The summed E-state index contributed by atoms with van der Waals surface area (Å²) in [5, 5.41) is 16.4. The number of carbonyl (C=O) groups is 2. The number of amidine groups is 1. The number of hydrogen-bond donors (Lipinski definition) is 2. The van der Waals surface area contributed by atoms with Gasteiger partial charge in [0.1, 0.15) is 16.0 Å². The SMILES string of the molecule is CCN(C=O)/C(CO)=N\N(C)c1nc(OCC(F)(F)F)c(C(=O)Nc2cnsc2Br)cc1F. The predicted octanol–water partition coefficient (Wildman–Crippen LogP) is 2.85. The summed E-state index contributed by atoms with van der Waals surface area (Å²) >= 11 is 4.14. The van der Waals surface area contributed by atoms with E-state index in [0.717, 1.165) is 21.4 Å². The second-order valence-electron chi connectivity index (χ2n) is 6.11. The first-order valence-corrected chi connectivity index (χ1v) is 10.5. The fourth-order valence-corrected chi connectivity index (χ4v) is 3.23. The van der Waals surface area contributed by atoms with Crippen molar-refractivity contribution in [1.29, 1.82) is 0 Å². The largest absolute Gasteiger partial charge is 0.467 e. The summed E-state index contributed by atoms with van der Waals surface area (Å²) in [4.78, 5) is 28.4. The van der Waals surface area contributed by atoms with Crippen LogP contribution in [-0.4, -0.2) is 70.5 Å². The lowest BCUT2D eigenvalue weighted by Gasteiger charge is -2.21. The van der Waals surface area contributed by atoms with Gasteiger partial charge < -0.3 is 15.2 Å². The molecule has 2 aromatic rings. The van der Waals surface area contributed by atoms with Crippen molar-refractivity contribution in [1.82, 2.24) is 14.3 Å². The number of ether oxygens (including phenoxy) is 1. The number of carbonyl (C=O) groups excluding carboxylic acids is 2. The molecule has 0 aliphatic rings. The van der Waals surface area contributed by atoms with Gasteiger partial charge in [-0.2, -0.15) is 27.6 Å². The van der Waals surface area contributed by atoms with E-state index in [9.17, 15) is 32.3 Å². The van der Waals surface area contributed by atoms with Crippen LogP contribution in [-0.2, 0) is 4.79 Å². The fourth-order valence-electron chi connectivity index (χ4n) is 2.33. The maximum Gasteiger partial charge on any atom is 0.422 e. The Morgan fingerprint density at radius 2 is 2.15 bits per heavy atom. The van der Waals surface area contributed by atoms with E-state index in [1.54, 1.807) is 6.92 Å². The van der Waals surface area contributed by atoms with Crippen molar-refractivity contribution in [2.45, 2.75) is 13.1 Å². The molecule has 16 heteroatoms. The van der Waals surface area contributed by atoms with E-state index in [1.165, 1.54) is 13.2 Å². The lowest BCUT2D eigenvalue weighted by molar-refractivity contribution is -0.154. The van der Waals surface area contributed by atoms with Crippen LogP contribution in [0.2, 0.25) is 0 Å².